The van der Waals surface area contributed by atoms with E-state index in [1.807, 2.05) is 38.1 Å². The van der Waals surface area contributed by atoms with Crippen LogP contribution >= 0.6 is 0 Å². The van der Waals surface area contributed by atoms with Gasteiger partial charge in [-0.15, -0.1) is 0 Å². The lowest BCUT2D eigenvalue weighted by molar-refractivity contribution is -0.115. The summed E-state index contributed by atoms with van der Waals surface area (Å²) in [6, 6.07) is 14.4. The predicted molar refractivity (Wildman–Crippen MR) is 127 cm³/mol. The van der Waals surface area contributed by atoms with Crippen LogP contribution in [0.15, 0.2) is 53.4 Å². The van der Waals surface area contributed by atoms with Gasteiger partial charge in [0.25, 0.3) is 0 Å². The van der Waals surface area contributed by atoms with Gasteiger partial charge in [0.1, 0.15) is 0 Å². The standard InChI is InChI=1S/C25H29N3O3S/c1-18-22-9-5-6-10-24(22)26-19(2)23(18)17-25(29)27-20-11-13-21(14-12-20)32(30,31)28-15-7-3-4-8-16-28/h5-6,9-14H,3-4,7-8,15-17H2,1-2H3,(H,27,29). The Balaban J connectivity index is 1.47. The van der Waals surface area contributed by atoms with Crippen LogP contribution in [0, 0.1) is 13.8 Å². The Morgan fingerprint density at radius 1 is 0.969 bits per heavy atom. The van der Waals surface area contributed by atoms with Crippen molar-refractivity contribution in [1.82, 2.24) is 9.29 Å². The first-order valence-electron chi connectivity index (χ1n) is 11.1. The molecule has 1 amide bonds. The summed E-state index contributed by atoms with van der Waals surface area (Å²) in [5.74, 6) is -0.156. The monoisotopic (exact) mass is 451 g/mol. The Kier molecular flexibility index (Phi) is 6.58. The van der Waals surface area contributed by atoms with Gasteiger partial charge in [-0.3, -0.25) is 9.78 Å². The second kappa shape index (κ2) is 9.38. The van der Waals surface area contributed by atoms with E-state index in [4.69, 9.17) is 0 Å². The molecule has 1 aliphatic rings. The summed E-state index contributed by atoms with van der Waals surface area (Å²) >= 11 is 0. The fourth-order valence-corrected chi connectivity index (χ4v) is 5.85. The van der Waals surface area contributed by atoms with Gasteiger partial charge in [0.2, 0.25) is 15.9 Å². The first kappa shape index (κ1) is 22.4. The summed E-state index contributed by atoms with van der Waals surface area (Å²) in [7, 11) is -3.50. The summed E-state index contributed by atoms with van der Waals surface area (Å²) in [4.78, 5) is 17.6. The molecule has 0 radical (unpaired) electrons. The molecule has 0 bridgehead atoms. The number of carbonyl (C=O) groups is 1. The molecule has 1 N–H and O–H groups in total. The molecule has 168 valence electrons. The largest absolute Gasteiger partial charge is 0.326 e. The fourth-order valence-electron chi connectivity index (χ4n) is 4.34. The van der Waals surface area contributed by atoms with E-state index in [0.29, 0.717) is 18.8 Å². The third-order valence-corrected chi connectivity index (χ3v) is 8.08. The number of carbonyl (C=O) groups excluding carboxylic acids is 1. The van der Waals surface area contributed by atoms with Crippen molar-refractivity contribution in [3.63, 3.8) is 0 Å². The molecule has 7 heteroatoms. The number of aryl methyl sites for hydroxylation is 2. The number of pyridine rings is 1. The number of hydrogen-bond acceptors (Lipinski definition) is 4. The van der Waals surface area contributed by atoms with E-state index >= 15 is 0 Å². The van der Waals surface area contributed by atoms with Gasteiger partial charge in [0.05, 0.1) is 16.8 Å². The number of anilines is 1. The smallest absolute Gasteiger partial charge is 0.243 e. The van der Waals surface area contributed by atoms with Crippen LogP contribution in [0.4, 0.5) is 5.69 Å². The summed E-state index contributed by atoms with van der Waals surface area (Å²) in [5, 5.41) is 3.93. The maximum Gasteiger partial charge on any atom is 0.243 e. The maximum absolute atomic E-state index is 12.9. The van der Waals surface area contributed by atoms with Crippen LogP contribution < -0.4 is 5.32 Å². The summed E-state index contributed by atoms with van der Waals surface area (Å²) in [6.45, 7) is 5.07. The van der Waals surface area contributed by atoms with E-state index in [1.54, 1.807) is 28.6 Å². The zero-order valence-electron chi connectivity index (χ0n) is 18.6. The highest BCUT2D eigenvalue weighted by Crippen LogP contribution is 2.24. The lowest BCUT2D eigenvalue weighted by atomic mass is 9.99. The predicted octanol–water partition coefficient (Wildman–Crippen LogP) is 4.60. The van der Waals surface area contributed by atoms with Gasteiger partial charge in [0, 0.05) is 29.9 Å². The molecule has 32 heavy (non-hydrogen) atoms. The lowest BCUT2D eigenvalue weighted by Gasteiger charge is -2.20. The van der Waals surface area contributed by atoms with Gasteiger partial charge in [-0.2, -0.15) is 4.31 Å². The number of para-hydroxylation sites is 1. The zero-order chi connectivity index (χ0) is 22.7. The highest BCUT2D eigenvalue weighted by molar-refractivity contribution is 7.89. The van der Waals surface area contributed by atoms with E-state index in [1.165, 1.54) is 0 Å². The topological polar surface area (TPSA) is 79.4 Å². The number of nitrogens with one attached hydrogen (secondary N) is 1. The first-order chi connectivity index (χ1) is 15.4. The van der Waals surface area contributed by atoms with Crippen molar-refractivity contribution in [2.24, 2.45) is 0 Å². The highest BCUT2D eigenvalue weighted by Gasteiger charge is 2.25. The van der Waals surface area contributed by atoms with E-state index in [2.05, 4.69) is 10.3 Å². The molecule has 6 nitrogen and oxygen atoms in total. The average molecular weight is 452 g/mol. The molecule has 0 atom stereocenters. The Morgan fingerprint density at radius 3 is 2.31 bits per heavy atom. The minimum atomic E-state index is -3.50. The molecule has 3 aromatic rings. The molecule has 0 aliphatic carbocycles. The molecule has 1 aromatic heterocycles. The molecule has 1 aliphatic heterocycles. The third kappa shape index (κ3) is 4.69. The van der Waals surface area contributed by atoms with Crippen LogP contribution in [0.2, 0.25) is 0 Å². The molecule has 1 saturated heterocycles. The number of nitrogens with zero attached hydrogens (tertiary/aromatic N) is 2. The molecular weight excluding hydrogens is 422 g/mol. The number of rotatable bonds is 5. The molecule has 4 rings (SSSR count). The molecular formula is C25H29N3O3S. The normalized spacial score (nSPS) is 15.4. The van der Waals surface area contributed by atoms with Crippen LogP contribution in [0.25, 0.3) is 10.9 Å². The van der Waals surface area contributed by atoms with Gasteiger partial charge < -0.3 is 5.32 Å². The molecule has 2 aromatic carbocycles. The number of amides is 1. The molecule has 2 heterocycles. The van der Waals surface area contributed by atoms with Crippen LogP contribution in [0.3, 0.4) is 0 Å². The number of hydrogen-bond donors (Lipinski definition) is 1. The number of aromatic nitrogens is 1. The van der Waals surface area contributed by atoms with Crippen molar-refractivity contribution in [2.45, 2.75) is 50.8 Å². The number of sulfonamides is 1. The second-order valence-electron chi connectivity index (χ2n) is 8.39. The molecule has 1 fully saturated rings. The minimum absolute atomic E-state index is 0.156. The van der Waals surface area contributed by atoms with E-state index in [-0.39, 0.29) is 17.2 Å². The Labute approximate surface area is 189 Å². The summed E-state index contributed by atoms with van der Waals surface area (Å²) < 4.78 is 27.4. The van der Waals surface area contributed by atoms with E-state index < -0.39 is 10.0 Å². The van der Waals surface area contributed by atoms with Crippen molar-refractivity contribution >= 4 is 32.5 Å². The van der Waals surface area contributed by atoms with E-state index in [9.17, 15) is 13.2 Å². The molecule has 0 spiro atoms. The van der Waals surface area contributed by atoms with Crippen molar-refractivity contribution < 1.29 is 13.2 Å². The second-order valence-corrected chi connectivity index (χ2v) is 10.3. The van der Waals surface area contributed by atoms with Crippen LogP contribution in [-0.2, 0) is 21.2 Å². The molecule has 0 unspecified atom stereocenters. The number of benzene rings is 2. The van der Waals surface area contributed by atoms with Gasteiger partial charge in [-0.25, -0.2) is 8.42 Å². The van der Waals surface area contributed by atoms with Crippen LogP contribution in [-0.4, -0.2) is 36.7 Å². The SMILES string of the molecule is Cc1nc2ccccc2c(C)c1CC(=O)Nc1ccc(S(=O)(=O)N2CCCCCC2)cc1. The van der Waals surface area contributed by atoms with E-state index in [0.717, 1.165) is 53.4 Å². The number of fused-ring (bicyclic) bond motifs is 1. The quantitative estimate of drug-likeness (QED) is 0.615. The van der Waals surface area contributed by atoms with Crippen molar-refractivity contribution in [3.8, 4) is 0 Å². The fraction of sp³-hybridized carbons (Fsp3) is 0.360. The van der Waals surface area contributed by atoms with Crippen LogP contribution in [0.1, 0.15) is 42.5 Å². The lowest BCUT2D eigenvalue weighted by Crippen LogP contribution is -2.31. The highest BCUT2D eigenvalue weighted by atomic mass is 32.2. The van der Waals surface area contributed by atoms with Gasteiger partial charge in [0.15, 0.2) is 0 Å². The first-order valence-corrected chi connectivity index (χ1v) is 12.5. The Morgan fingerprint density at radius 2 is 1.62 bits per heavy atom. The minimum Gasteiger partial charge on any atom is -0.326 e. The molecule has 0 saturated carbocycles. The van der Waals surface area contributed by atoms with Crippen molar-refractivity contribution in [1.29, 1.82) is 0 Å². The zero-order valence-corrected chi connectivity index (χ0v) is 19.4. The van der Waals surface area contributed by atoms with Crippen molar-refractivity contribution in [2.75, 3.05) is 18.4 Å². The third-order valence-electron chi connectivity index (χ3n) is 6.16. The summed E-state index contributed by atoms with van der Waals surface area (Å²) in [5.41, 5.74) is 4.32. The van der Waals surface area contributed by atoms with Crippen LogP contribution in [0.5, 0.6) is 0 Å². The van der Waals surface area contributed by atoms with Gasteiger partial charge in [-0.05, 0) is 68.1 Å². The average Bonchev–Trinajstić information content (AvgIpc) is 3.07. The van der Waals surface area contributed by atoms with Gasteiger partial charge in [-0.1, -0.05) is 31.0 Å². The summed E-state index contributed by atoms with van der Waals surface area (Å²) in [6.07, 6.45) is 4.15. The van der Waals surface area contributed by atoms with Crippen molar-refractivity contribution in [3.05, 3.63) is 65.4 Å². The van der Waals surface area contributed by atoms with Gasteiger partial charge >= 0.3 is 0 Å². The Bertz CT molecular complexity index is 1230. The Hall–Kier alpha value is -2.77. The maximum atomic E-state index is 12.9.